The first-order valence-electron chi connectivity index (χ1n) is 6.08. The van der Waals surface area contributed by atoms with Crippen molar-refractivity contribution in [2.75, 3.05) is 11.9 Å². The van der Waals surface area contributed by atoms with Crippen LogP contribution in [0.1, 0.15) is 5.89 Å². The molecule has 6 nitrogen and oxygen atoms in total. The number of oxazole rings is 1. The summed E-state index contributed by atoms with van der Waals surface area (Å²) in [6.07, 6.45) is 0. The Kier molecular flexibility index (Phi) is 3.01. The van der Waals surface area contributed by atoms with E-state index in [4.69, 9.17) is 9.68 Å². The van der Waals surface area contributed by atoms with Crippen LogP contribution in [0.2, 0.25) is 0 Å². The molecule has 3 aromatic rings. The summed E-state index contributed by atoms with van der Waals surface area (Å²) in [5.74, 6) is 1.22. The van der Waals surface area contributed by atoms with Crippen LogP contribution in [0.5, 0.6) is 0 Å². The number of hydrogen-bond donors (Lipinski definition) is 1. The van der Waals surface area contributed by atoms with Gasteiger partial charge < -0.3 is 9.73 Å². The largest absolute Gasteiger partial charge is 0.441 e. The maximum absolute atomic E-state index is 8.49. The van der Waals surface area contributed by atoms with Crippen LogP contribution in [-0.4, -0.2) is 21.7 Å². The molecule has 0 aliphatic carbocycles. The van der Waals surface area contributed by atoms with E-state index in [0.29, 0.717) is 11.7 Å². The average Bonchev–Trinajstić information content (AvgIpc) is 2.84. The number of nitrogens with zero attached hydrogens (tertiary/aromatic N) is 4. The summed E-state index contributed by atoms with van der Waals surface area (Å²) in [5.41, 5.74) is 3.22. The second-order valence-electron chi connectivity index (χ2n) is 4.23. The van der Waals surface area contributed by atoms with Crippen LogP contribution in [0.3, 0.4) is 0 Å². The van der Waals surface area contributed by atoms with Crippen molar-refractivity contribution >= 4 is 16.9 Å². The quantitative estimate of drug-likeness (QED) is 0.732. The summed E-state index contributed by atoms with van der Waals surface area (Å²) in [5, 5.41) is 19.5. The zero-order chi connectivity index (χ0) is 13.9. The van der Waals surface area contributed by atoms with Crippen LogP contribution < -0.4 is 5.32 Å². The molecular weight excluding hydrogens is 254 g/mol. The van der Waals surface area contributed by atoms with Crippen LogP contribution in [0, 0.1) is 18.3 Å². The predicted molar refractivity (Wildman–Crippen MR) is 73.9 cm³/mol. The Morgan fingerprint density at radius 3 is 2.90 bits per heavy atom. The van der Waals surface area contributed by atoms with Gasteiger partial charge in [-0.3, -0.25) is 0 Å². The van der Waals surface area contributed by atoms with Gasteiger partial charge in [-0.15, -0.1) is 10.2 Å². The van der Waals surface area contributed by atoms with E-state index in [0.717, 1.165) is 22.4 Å². The highest BCUT2D eigenvalue weighted by molar-refractivity contribution is 5.79. The molecule has 1 N–H and O–H groups in total. The number of rotatable bonds is 3. The van der Waals surface area contributed by atoms with Crippen LogP contribution in [0.15, 0.2) is 34.7 Å². The van der Waals surface area contributed by atoms with Crippen molar-refractivity contribution in [1.29, 1.82) is 5.26 Å². The molecule has 0 aliphatic heterocycles. The molecule has 0 unspecified atom stereocenters. The van der Waals surface area contributed by atoms with Gasteiger partial charge in [-0.25, -0.2) is 4.98 Å². The molecule has 0 spiro atoms. The monoisotopic (exact) mass is 265 g/mol. The number of fused-ring (bicyclic) bond motifs is 1. The molecule has 98 valence electrons. The lowest BCUT2D eigenvalue weighted by atomic mass is 10.1. The Bertz CT molecular complexity index is 785. The Hall–Kier alpha value is -2.94. The molecule has 6 heteroatoms. The Balaban J connectivity index is 1.92. The standard InChI is InChI=1S/C14H11N5O/c1-9-17-12-8-10(2-4-13(12)20-9)11-3-5-14(19-18-11)16-7-6-15/h2-5,8H,7H2,1H3,(H,16,19). The van der Waals surface area contributed by atoms with Crippen molar-refractivity contribution in [2.45, 2.75) is 6.92 Å². The van der Waals surface area contributed by atoms with E-state index in [-0.39, 0.29) is 6.54 Å². The highest BCUT2D eigenvalue weighted by atomic mass is 16.3. The van der Waals surface area contributed by atoms with E-state index < -0.39 is 0 Å². The Labute approximate surface area is 115 Å². The van der Waals surface area contributed by atoms with Crippen molar-refractivity contribution < 1.29 is 4.42 Å². The van der Waals surface area contributed by atoms with E-state index in [2.05, 4.69) is 20.5 Å². The summed E-state index contributed by atoms with van der Waals surface area (Å²) in [4.78, 5) is 4.29. The normalized spacial score (nSPS) is 10.4. The zero-order valence-corrected chi connectivity index (χ0v) is 10.8. The van der Waals surface area contributed by atoms with Crippen molar-refractivity contribution in [3.63, 3.8) is 0 Å². The summed E-state index contributed by atoms with van der Waals surface area (Å²) in [6.45, 7) is 2.02. The molecular formula is C14H11N5O. The van der Waals surface area contributed by atoms with Crippen LogP contribution in [-0.2, 0) is 0 Å². The number of benzene rings is 1. The minimum Gasteiger partial charge on any atom is -0.441 e. The van der Waals surface area contributed by atoms with Gasteiger partial charge in [0.25, 0.3) is 0 Å². The van der Waals surface area contributed by atoms with Crippen molar-refractivity contribution in [3.8, 4) is 17.3 Å². The Morgan fingerprint density at radius 1 is 1.25 bits per heavy atom. The maximum atomic E-state index is 8.49. The van der Waals surface area contributed by atoms with Gasteiger partial charge >= 0.3 is 0 Å². The molecule has 0 amide bonds. The predicted octanol–water partition coefficient (Wildman–Crippen LogP) is 2.53. The van der Waals surface area contributed by atoms with Gasteiger partial charge in [-0.2, -0.15) is 5.26 Å². The van der Waals surface area contributed by atoms with Gasteiger partial charge in [0.2, 0.25) is 0 Å². The van der Waals surface area contributed by atoms with Gasteiger partial charge in [0, 0.05) is 12.5 Å². The van der Waals surface area contributed by atoms with Gasteiger partial charge in [-0.05, 0) is 30.3 Å². The number of aromatic nitrogens is 3. The molecule has 0 saturated carbocycles. The summed E-state index contributed by atoms with van der Waals surface area (Å²) >= 11 is 0. The number of nitrogens with one attached hydrogen (secondary N) is 1. The second-order valence-corrected chi connectivity index (χ2v) is 4.23. The molecule has 1 aromatic carbocycles. The minimum atomic E-state index is 0.207. The van der Waals surface area contributed by atoms with E-state index in [1.165, 1.54) is 0 Å². The van der Waals surface area contributed by atoms with Gasteiger partial charge in [0.15, 0.2) is 11.5 Å². The first-order chi connectivity index (χ1) is 9.76. The fourth-order valence-electron chi connectivity index (χ4n) is 1.91. The average molecular weight is 265 g/mol. The fourth-order valence-corrected chi connectivity index (χ4v) is 1.91. The number of nitriles is 1. The third-order valence-electron chi connectivity index (χ3n) is 2.80. The van der Waals surface area contributed by atoms with Crippen LogP contribution >= 0.6 is 0 Å². The van der Waals surface area contributed by atoms with E-state index in [1.807, 2.05) is 37.3 Å². The molecule has 0 aliphatic rings. The lowest BCUT2D eigenvalue weighted by Gasteiger charge is -2.02. The molecule has 3 rings (SSSR count). The van der Waals surface area contributed by atoms with Gasteiger partial charge in [-0.1, -0.05) is 0 Å². The molecule has 2 heterocycles. The SMILES string of the molecule is Cc1nc2cc(-c3ccc(NCC#N)nn3)ccc2o1. The molecule has 20 heavy (non-hydrogen) atoms. The summed E-state index contributed by atoms with van der Waals surface area (Å²) < 4.78 is 5.43. The molecule has 0 atom stereocenters. The molecule has 0 radical (unpaired) electrons. The molecule has 0 saturated heterocycles. The summed E-state index contributed by atoms with van der Waals surface area (Å²) in [7, 11) is 0. The topological polar surface area (TPSA) is 87.6 Å². The van der Waals surface area contributed by atoms with Crippen molar-refractivity contribution in [1.82, 2.24) is 15.2 Å². The van der Waals surface area contributed by atoms with Crippen molar-refractivity contribution in [2.24, 2.45) is 0 Å². The van der Waals surface area contributed by atoms with Crippen LogP contribution in [0.4, 0.5) is 5.82 Å². The van der Waals surface area contributed by atoms with E-state index in [1.54, 1.807) is 6.07 Å². The number of anilines is 1. The fraction of sp³-hybridized carbons (Fsp3) is 0.143. The maximum Gasteiger partial charge on any atom is 0.192 e. The third-order valence-corrected chi connectivity index (χ3v) is 2.80. The van der Waals surface area contributed by atoms with E-state index in [9.17, 15) is 0 Å². The number of aryl methyl sites for hydroxylation is 1. The van der Waals surface area contributed by atoms with Gasteiger partial charge in [0.05, 0.1) is 11.8 Å². The lowest BCUT2D eigenvalue weighted by molar-refractivity contribution is 0.561. The first kappa shape index (κ1) is 12.1. The molecule has 0 fully saturated rings. The lowest BCUT2D eigenvalue weighted by Crippen LogP contribution is -2.01. The highest BCUT2D eigenvalue weighted by Crippen LogP contribution is 2.23. The van der Waals surface area contributed by atoms with Crippen molar-refractivity contribution in [3.05, 3.63) is 36.2 Å². The Morgan fingerprint density at radius 2 is 2.15 bits per heavy atom. The summed E-state index contributed by atoms with van der Waals surface area (Å²) in [6, 6.07) is 11.3. The third kappa shape index (κ3) is 2.29. The first-order valence-corrected chi connectivity index (χ1v) is 6.08. The second kappa shape index (κ2) is 4.97. The minimum absolute atomic E-state index is 0.207. The van der Waals surface area contributed by atoms with Gasteiger partial charge in [0.1, 0.15) is 17.9 Å². The number of hydrogen-bond acceptors (Lipinski definition) is 6. The molecule has 0 bridgehead atoms. The zero-order valence-electron chi connectivity index (χ0n) is 10.8. The highest BCUT2D eigenvalue weighted by Gasteiger charge is 2.06. The smallest absolute Gasteiger partial charge is 0.192 e. The van der Waals surface area contributed by atoms with Crippen LogP contribution in [0.25, 0.3) is 22.4 Å². The molecule has 2 aromatic heterocycles. The van der Waals surface area contributed by atoms with E-state index >= 15 is 0 Å².